The Kier molecular flexibility index (Phi) is 4.66. The van der Waals surface area contributed by atoms with E-state index in [-0.39, 0.29) is 0 Å². The van der Waals surface area contributed by atoms with Gasteiger partial charge >= 0.3 is 0 Å². The highest BCUT2D eigenvalue weighted by molar-refractivity contribution is 5.55. The molecule has 0 amide bonds. The molecule has 0 radical (unpaired) electrons. The number of anilines is 2. The highest BCUT2D eigenvalue weighted by atomic mass is 15.3. The monoisotopic (exact) mass is 272 g/mol. The molecule has 4 nitrogen and oxygen atoms in total. The summed E-state index contributed by atoms with van der Waals surface area (Å²) >= 11 is 0. The standard InChI is InChI=1S/C16H24N4/c1-4-13(3)20-10-9-15(18-20)12-19(5-2)16-8-6-7-14(17)11-16/h6-11,13H,4-5,12,17H2,1-3H3. The van der Waals surface area contributed by atoms with Gasteiger partial charge in [0.2, 0.25) is 0 Å². The number of hydrogen-bond donors (Lipinski definition) is 1. The Hall–Kier alpha value is -1.97. The van der Waals surface area contributed by atoms with E-state index in [1.165, 1.54) is 0 Å². The molecule has 0 saturated heterocycles. The number of aromatic nitrogens is 2. The molecule has 4 heteroatoms. The van der Waals surface area contributed by atoms with Crippen molar-refractivity contribution in [3.05, 3.63) is 42.2 Å². The van der Waals surface area contributed by atoms with Crippen LogP contribution in [0.25, 0.3) is 0 Å². The zero-order valence-electron chi connectivity index (χ0n) is 12.6. The number of hydrogen-bond acceptors (Lipinski definition) is 3. The van der Waals surface area contributed by atoms with Gasteiger partial charge in [-0.25, -0.2) is 0 Å². The van der Waals surface area contributed by atoms with E-state index in [0.717, 1.165) is 36.6 Å². The normalized spacial score (nSPS) is 12.3. The molecule has 1 heterocycles. The van der Waals surface area contributed by atoms with E-state index >= 15 is 0 Å². The van der Waals surface area contributed by atoms with Crippen LogP contribution in [0.1, 0.15) is 38.9 Å². The molecular formula is C16H24N4. The molecule has 0 aliphatic rings. The maximum Gasteiger partial charge on any atom is 0.0817 e. The number of rotatable bonds is 6. The predicted molar refractivity (Wildman–Crippen MR) is 84.8 cm³/mol. The summed E-state index contributed by atoms with van der Waals surface area (Å²) in [5.41, 5.74) is 8.89. The van der Waals surface area contributed by atoms with E-state index < -0.39 is 0 Å². The van der Waals surface area contributed by atoms with Crippen molar-refractivity contribution in [2.75, 3.05) is 17.2 Å². The lowest BCUT2D eigenvalue weighted by Gasteiger charge is -2.22. The maximum absolute atomic E-state index is 5.86. The third-order valence-corrected chi connectivity index (χ3v) is 3.68. The van der Waals surface area contributed by atoms with E-state index in [1.54, 1.807) is 0 Å². The Balaban J connectivity index is 2.12. The molecule has 0 fully saturated rings. The Bertz CT molecular complexity index is 547. The Morgan fingerprint density at radius 2 is 2.10 bits per heavy atom. The third kappa shape index (κ3) is 3.32. The number of benzene rings is 1. The van der Waals surface area contributed by atoms with Gasteiger partial charge < -0.3 is 10.6 Å². The van der Waals surface area contributed by atoms with E-state index in [2.05, 4.69) is 49.1 Å². The Labute approximate surface area is 121 Å². The fourth-order valence-corrected chi connectivity index (χ4v) is 2.20. The lowest BCUT2D eigenvalue weighted by Crippen LogP contribution is -2.22. The van der Waals surface area contributed by atoms with Gasteiger partial charge in [0, 0.05) is 30.2 Å². The van der Waals surface area contributed by atoms with Crippen LogP contribution in [0.15, 0.2) is 36.5 Å². The first-order valence-corrected chi connectivity index (χ1v) is 7.28. The van der Waals surface area contributed by atoms with Crippen LogP contribution < -0.4 is 10.6 Å². The Morgan fingerprint density at radius 3 is 2.75 bits per heavy atom. The summed E-state index contributed by atoms with van der Waals surface area (Å²) in [5, 5.41) is 4.66. The van der Waals surface area contributed by atoms with Gasteiger partial charge in [0.15, 0.2) is 0 Å². The van der Waals surface area contributed by atoms with Crippen molar-refractivity contribution in [3.63, 3.8) is 0 Å². The first-order valence-electron chi connectivity index (χ1n) is 7.28. The summed E-state index contributed by atoms with van der Waals surface area (Å²) in [7, 11) is 0. The van der Waals surface area contributed by atoms with Gasteiger partial charge in [-0.05, 0) is 44.5 Å². The van der Waals surface area contributed by atoms with Gasteiger partial charge in [0.1, 0.15) is 0 Å². The van der Waals surface area contributed by atoms with Crippen LogP contribution in [0.3, 0.4) is 0 Å². The molecule has 2 aromatic rings. The third-order valence-electron chi connectivity index (χ3n) is 3.68. The molecule has 1 aromatic carbocycles. The zero-order chi connectivity index (χ0) is 14.5. The second-order valence-electron chi connectivity index (χ2n) is 5.15. The van der Waals surface area contributed by atoms with E-state index in [1.807, 2.05) is 22.9 Å². The second-order valence-corrected chi connectivity index (χ2v) is 5.15. The van der Waals surface area contributed by atoms with Gasteiger partial charge in [-0.3, -0.25) is 4.68 Å². The minimum Gasteiger partial charge on any atom is -0.399 e. The Morgan fingerprint density at radius 1 is 1.30 bits per heavy atom. The van der Waals surface area contributed by atoms with Gasteiger partial charge in [0.05, 0.1) is 12.2 Å². The summed E-state index contributed by atoms with van der Waals surface area (Å²) in [5.74, 6) is 0. The van der Waals surface area contributed by atoms with Crippen LogP contribution in [0, 0.1) is 0 Å². The fraction of sp³-hybridized carbons (Fsp3) is 0.438. The lowest BCUT2D eigenvalue weighted by atomic mass is 10.2. The van der Waals surface area contributed by atoms with Crippen LogP contribution in [-0.2, 0) is 6.54 Å². The molecule has 2 rings (SSSR count). The molecule has 2 N–H and O–H groups in total. The van der Waals surface area contributed by atoms with Gasteiger partial charge in [-0.2, -0.15) is 5.10 Å². The van der Waals surface area contributed by atoms with E-state index in [0.29, 0.717) is 6.04 Å². The van der Waals surface area contributed by atoms with Crippen molar-refractivity contribution in [2.45, 2.75) is 39.8 Å². The summed E-state index contributed by atoms with van der Waals surface area (Å²) in [6.45, 7) is 8.25. The highest BCUT2D eigenvalue weighted by Crippen LogP contribution is 2.19. The molecular weight excluding hydrogens is 248 g/mol. The zero-order valence-corrected chi connectivity index (χ0v) is 12.6. The summed E-state index contributed by atoms with van der Waals surface area (Å²) < 4.78 is 2.04. The number of nitrogens with two attached hydrogens (primary N) is 1. The molecule has 20 heavy (non-hydrogen) atoms. The van der Waals surface area contributed by atoms with Crippen molar-refractivity contribution in [1.82, 2.24) is 9.78 Å². The second kappa shape index (κ2) is 6.46. The first kappa shape index (κ1) is 14.4. The SMILES string of the molecule is CCC(C)n1ccc(CN(CC)c2cccc(N)c2)n1. The average molecular weight is 272 g/mol. The van der Waals surface area contributed by atoms with Gasteiger partial charge in [-0.15, -0.1) is 0 Å². The van der Waals surface area contributed by atoms with Crippen LogP contribution in [0.2, 0.25) is 0 Å². The predicted octanol–water partition coefficient (Wildman–Crippen LogP) is 3.46. The first-order chi connectivity index (χ1) is 9.63. The largest absolute Gasteiger partial charge is 0.399 e. The number of nitrogen functional groups attached to an aromatic ring is 1. The van der Waals surface area contributed by atoms with Crippen LogP contribution in [0.4, 0.5) is 11.4 Å². The van der Waals surface area contributed by atoms with E-state index in [9.17, 15) is 0 Å². The smallest absolute Gasteiger partial charge is 0.0817 e. The van der Waals surface area contributed by atoms with Crippen molar-refractivity contribution < 1.29 is 0 Å². The molecule has 1 unspecified atom stereocenters. The van der Waals surface area contributed by atoms with Crippen molar-refractivity contribution >= 4 is 11.4 Å². The summed E-state index contributed by atoms with van der Waals surface area (Å²) in [6.07, 6.45) is 3.16. The topological polar surface area (TPSA) is 47.1 Å². The molecule has 0 spiro atoms. The molecule has 1 aromatic heterocycles. The van der Waals surface area contributed by atoms with Crippen molar-refractivity contribution in [1.29, 1.82) is 0 Å². The fourth-order valence-electron chi connectivity index (χ4n) is 2.20. The molecule has 0 bridgehead atoms. The maximum atomic E-state index is 5.86. The molecule has 0 saturated carbocycles. The molecule has 1 atom stereocenters. The number of nitrogens with zero attached hydrogens (tertiary/aromatic N) is 3. The molecule has 0 aliphatic carbocycles. The minimum atomic E-state index is 0.450. The quantitative estimate of drug-likeness (QED) is 0.819. The summed E-state index contributed by atoms with van der Waals surface area (Å²) in [6, 6.07) is 10.5. The van der Waals surface area contributed by atoms with Crippen LogP contribution >= 0.6 is 0 Å². The van der Waals surface area contributed by atoms with Crippen LogP contribution in [-0.4, -0.2) is 16.3 Å². The van der Waals surface area contributed by atoms with Gasteiger partial charge in [0.25, 0.3) is 0 Å². The summed E-state index contributed by atoms with van der Waals surface area (Å²) in [4.78, 5) is 2.28. The highest BCUT2D eigenvalue weighted by Gasteiger charge is 2.09. The molecule has 108 valence electrons. The van der Waals surface area contributed by atoms with Crippen molar-refractivity contribution in [2.24, 2.45) is 0 Å². The minimum absolute atomic E-state index is 0.450. The van der Waals surface area contributed by atoms with Gasteiger partial charge in [-0.1, -0.05) is 13.0 Å². The lowest BCUT2D eigenvalue weighted by molar-refractivity contribution is 0.473. The van der Waals surface area contributed by atoms with Crippen molar-refractivity contribution in [3.8, 4) is 0 Å². The molecule has 0 aliphatic heterocycles. The van der Waals surface area contributed by atoms with Crippen LogP contribution in [0.5, 0.6) is 0 Å². The average Bonchev–Trinajstić information content (AvgIpc) is 2.92. The van der Waals surface area contributed by atoms with E-state index in [4.69, 9.17) is 5.73 Å².